The van der Waals surface area contributed by atoms with Crippen molar-refractivity contribution >= 4 is 32.6 Å². The van der Waals surface area contributed by atoms with Gasteiger partial charge < -0.3 is 4.74 Å². The molecule has 0 saturated heterocycles. The molecule has 0 saturated carbocycles. The summed E-state index contributed by atoms with van der Waals surface area (Å²) in [6.45, 7) is 0.0131. The molecule has 3 rings (SSSR count). The third-order valence-electron chi connectivity index (χ3n) is 3.12. The average Bonchev–Trinajstić information content (AvgIpc) is 2.53. The van der Waals surface area contributed by atoms with Crippen molar-refractivity contribution in [3.05, 3.63) is 70.8 Å². The monoisotopic (exact) mass is 341 g/mol. The van der Waals surface area contributed by atoms with E-state index in [1.807, 2.05) is 36.4 Å². The van der Waals surface area contributed by atoms with Crippen LogP contribution in [0.4, 0.5) is 0 Å². The molecule has 0 aliphatic carbocycles. The molecule has 3 aromatic rings. The van der Waals surface area contributed by atoms with E-state index in [0.717, 1.165) is 15.4 Å². The van der Waals surface area contributed by atoms with Crippen LogP contribution in [0, 0.1) is 0 Å². The van der Waals surface area contributed by atoms with Gasteiger partial charge in [-0.05, 0) is 24.3 Å². The van der Waals surface area contributed by atoms with Gasteiger partial charge in [-0.2, -0.15) is 0 Å². The highest BCUT2D eigenvalue weighted by Gasteiger charge is 2.08. The molecule has 0 bridgehead atoms. The van der Waals surface area contributed by atoms with Crippen LogP contribution in [-0.2, 0) is 0 Å². The van der Waals surface area contributed by atoms with Gasteiger partial charge in [0.1, 0.15) is 5.75 Å². The second kappa shape index (κ2) is 6.06. The number of benzene rings is 2. The number of ketones is 1. The quantitative estimate of drug-likeness (QED) is 0.665. The van der Waals surface area contributed by atoms with E-state index < -0.39 is 0 Å². The summed E-state index contributed by atoms with van der Waals surface area (Å²) < 4.78 is 6.63. The number of pyridine rings is 1. The van der Waals surface area contributed by atoms with Crippen molar-refractivity contribution in [3.8, 4) is 5.75 Å². The van der Waals surface area contributed by atoms with E-state index >= 15 is 0 Å². The number of carbonyl (C=O) groups is 1. The molecule has 21 heavy (non-hydrogen) atoms. The van der Waals surface area contributed by atoms with Crippen molar-refractivity contribution in [1.29, 1.82) is 0 Å². The minimum Gasteiger partial charge on any atom is -0.485 e. The van der Waals surface area contributed by atoms with Gasteiger partial charge in [0.2, 0.25) is 0 Å². The fraction of sp³-hybridized carbons (Fsp3) is 0.0588. The number of Topliss-reactive ketones (excluding diaryl/α,β-unsaturated/α-hetero) is 1. The highest BCUT2D eigenvalue weighted by atomic mass is 79.9. The Balaban J connectivity index is 1.81. The largest absolute Gasteiger partial charge is 0.485 e. The molecule has 0 radical (unpaired) electrons. The molecule has 0 aliphatic rings. The van der Waals surface area contributed by atoms with Crippen LogP contribution >= 0.6 is 15.9 Å². The molecule has 0 fully saturated rings. The Hall–Kier alpha value is -2.20. The molecular formula is C17H12BrNO2. The number of halogens is 1. The van der Waals surface area contributed by atoms with E-state index in [4.69, 9.17) is 4.74 Å². The van der Waals surface area contributed by atoms with Gasteiger partial charge >= 0.3 is 0 Å². The lowest BCUT2D eigenvalue weighted by Crippen LogP contribution is -2.11. The number of hydrogen-bond donors (Lipinski definition) is 0. The maximum atomic E-state index is 12.1. The lowest BCUT2D eigenvalue weighted by atomic mass is 10.1. The van der Waals surface area contributed by atoms with Crippen LogP contribution in [0.2, 0.25) is 0 Å². The van der Waals surface area contributed by atoms with Gasteiger partial charge in [0.15, 0.2) is 12.4 Å². The summed E-state index contributed by atoms with van der Waals surface area (Å²) >= 11 is 3.41. The first-order chi connectivity index (χ1) is 10.2. The Bertz CT molecular complexity index is 787. The van der Waals surface area contributed by atoms with Gasteiger partial charge in [0.05, 0.1) is 5.52 Å². The molecule has 0 unspecified atom stereocenters. The Kier molecular flexibility index (Phi) is 3.97. The summed E-state index contributed by atoms with van der Waals surface area (Å²) in [7, 11) is 0. The predicted octanol–water partition coefficient (Wildman–Crippen LogP) is 4.26. The molecule has 4 heteroatoms. The highest BCUT2D eigenvalue weighted by molar-refractivity contribution is 9.10. The molecular weight excluding hydrogens is 330 g/mol. The lowest BCUT2D eigenvalue weighted by molar-refractivity contribution is 0.0922. The van der Waals surface area contributed by atoms with Crippen LogP contribution in [0.1, 0.15) is 10.4 Å². The standard InChI is InChI=1S/C17H12BrNO2/c18-13-6-7-14-15(10-13)19-9-8-17(14)21-11-16(20)12-4-2-1-3-5-12/h1-10H,11H2. The van der Waals surface area contributed by atoms with E-state index in [9.17, 15) is 4.79 Å². The minimum absolute atomic E-state index is 0.0131. The van der Waals surface area contributed by atoms with E-state index in [1.165, 1.54) is 0 Å². The Morgan fingerprint density at radius 3 is 2.71 bits per heavy atom. The summed E-state index contributed by atoms with van der Waals surface area (Å²) in [6, 6.07) is 16.7. The van der Waals surface area contributed by atoms with Crippen molar-refractivity contribution in [2.24, 2.45) is 0 Å². The fourth-order valence-corrected chi connectivity index (χ4v) is 2.42. The molecule has 2 aromatic carbocycles. The van der Waals surface area contributed by atoms with Gasteiger partial charge in [0.25, 0.3) is 0 Å². The van der Waals surface area contributed by atoms with E-state index in [0.29, 0.717) is 11.3 Å². The van der Waals surface area contributed by atoms with E-state index in [2.05, 4.69) is 20.9 Å². The van der Waals surface area contributed by atoms with Crippen molar-refractivity contribution in [2.75, 3.05) is 6.61 Å². The number of ether oxygens (including phenoxy) is 1. The van der Waals surface area contributed by atoms with Crippen LogP contribution < -0.4 is 4.74 Å². The van der Waals surface area contributed by atoms with Gasteiger partial charge in [-0.15, -0.1) is 0 Å². The maximum absolute atomic E-state index is 12.1. The first-order valence-electron chi connectivity index (χ1n) is 6.49. The van der Waals surface area contributed by atoms with E-state index in [-0.39, 0.29) is 12.4 Å². The Labute approximate surface area is 130 Å². The van der Waals surface area contributed by atoms with Crippen LogP contribution in [0.5, 0.6) is 5.75 Å². The van der Waals surface area contributed by atoms with Crippen molar-refractivity contribution in [3.63, 3.8) is 0 Å². The lowest BCUT2D eigenvalue weighted by Gasteiger charge is -2.08. The van der Waals surface area contributed by atoms with Crippen molar-refractivity contribution in [1.82, 2.24) is 4.98 Å². The second-order valence-electron chi connectivity index (χ2n) is 4.55. The fourth-order valence-electron chi connectivity index (χ4n) is 2.07. The SMILES string of the molecule is O=C(COc1ccnc2cc(Br)ccc12)c1ccccc1. The molecule has 0 aliphatic heterocycles. The summed E-state index contributed by atoms with van der Waals surface area (Å²) in [5, 5.41) is 0.890. The van der Waals surface area contributed by atoms with Crippen LogP contribution in [0.15, 0.2) is 65.3 Å². The highest BCUT2D eigenvalue weighted by Crippen LogP contribution is 2.26. The zero-order chi connectivity index (χ0) is 14.7. The molecule has 3 nitrogen and oxygen atoms in total. The zero-order valence-corrected chi connectivity index (χ0v) is 12.7. The normalized spacial score (nSPS) is 10.5. The van der Waals surface area contributed by atoms with Crippen LogP contribution in [0.25, 0.3) is 10.9 Å². The first-order valence-corrected chi connectivity index (χ1v) is 7.28. The Morgan fingerprint density at radius 2 is 1.90 bits per heavy atom. The molecule has 0 amide bonds. The van der Waals surface area contributed by atoms with E-state index in [1.54, 1.807) is 24.4 Å². The molecule has 0 spiro atoms. The number of rotatable bonds is 4. The van der Waals surface area contributed by atoms with Gasteiger partial charge in [-0.3, -0.25) is 9.78 Å². The second-order valence-corrected chi connectivity index (χ2v) is 5.46. The van der Waals surface area contributed by atoms with Crippen LogP contribution in [-0.4, -0.2) is 17.4 Å². The maximum Gasteiger partial charge on any atom is 0.200 e. The summed E-state index contributed by atoms with van der Waals surface area (Å²) in [6.07, 6.45) is 1.68. The minimum atomic E-state index is -0.0438. The molecule has 0 atom stereocenters. The third kappa shape index (κ3) is 3.11. The topological polar surface area (TPSA) is 39.2 Å². The Morgan fingerprint density at radius 1 is 1.10 bits per heavy atom. The summed E-state index contributed by atoms with van der Waals surface area (Å²) in [4.78, 5) is 16.4. The number of hydrogen-bond acceptors (Lipinski definition) is 3. The number of nitrogens with zero attached hydrogens (tertiary/aromatic N) is 1. The zero-order valence-electron chi connectivity index (χ0n) is 11.1. The average molecular weight is 342 g/mol. The number of aromatic nitrogens is 1. The van der Waals surface area contributed by atoms with Crippen molar-refractivity contribution in [2.45, 2.75) is 0 Å². The smallest absolute Gasteiger partial charge is 0.200 e. The van der Waals surface area contributed by atoms with Gasteiger partial charge in [0, 0.05) is 21.6 Å². The third-order valence-corrected chi connectivity index (χ3v) is 3.61. The van der Waals surface area contributed by atoms with Crippen LogP contribution in [0.3, 0.4) is 0 Å². The summed E-state index contributed by atoms with van der Waals surface area (Å²) in [5.41, 5.74) is 1.48. The first kappa shape index (κ1) is 13.8. The number of fused-ring (bicyclic) bond motifs is 1. The molecule has 104 valence electrons. The predicted molar refractivity (Wildman–Crippen MR) is 85.7 cm³/mol. The summed E-state index contributed by atoms with van der Waals surface area (Å²) in [5.74, 6) is 0.620. The number of carbonyl (C=O) groups excluding carboxylic acids is 1. The molecule has 0 N–H and O–H groups in total. The van der Waals surface area contributed by atoms with Gasteiger partial charge in [-0.1, -0.05) is 46.3 Å². The van der Waals surface area contributed by atoms with Gasteiger partial charge in [-0.25, -0.2) is 0 Å². The molecule has 1 aromatic heterocycles. The van der Waals surface area contributed by atoms with Crippen molar-refractivity contribution < 1.29 is 9.53 Å². The molecule has 1 heterocycles.